The summed E-state index contributed by atoms with van der Waals surface area (Å²) >= 11 is 0. The van der Waals surface area contributed by atoms with Crippen LogP contribution >= 0.6 is 0 Å². The number of hydrogen-bond donors (Lipinski definition) is 1. The Bertz CT molecular complexity index is 1020. The van der Waals surface area contributed by atoms with E-state index in [-0.39, 0.29) is 18.1 Å². The maximum Gasteiger partial charge on any atom is 0.311 e. The largest absolute Gasteiger partial charge is 0.497 e. The fourth-order valence-corrected chi connectivity index (χ4v) is 4.26. The summed E-state index contributed by atoms with van der Waals surface area (Å²) in [7, 11) is 1.76. The number of aryl methyl sites for hydroxylation is 1. The average Bonchev–Trinajstić information content (AvgIpc) is 2.77. The van der Waals surface area contributed by atoms with Gasteiger partial charge in [0.25, 0.3) is 0 Å². The molecule has 0 spiro atoms. The van der Waals surface area contributed by atoms with Gasteiger partial charge in [-0.15, -0.1) is 0 Å². The number of aliphatic imine (C=N–C) groups is 1. The van der Waals surface area contributed by atoms with Gasteiger partial charge in [0.2, 0.25) is 0 Å². The van der Waals surface area contributed by atoms with E-state index in [1.165, 1.54) is 0 Å². The topological polar surface area (TPSA) is 99.1 Å². The number of nitrogens with zero attached hydrogens (tertiary/aromatic N) is 2. The summed E-state index contributed by atoms with van der Waals surface area (Å²) in [6, 6.07) is 5.66. The first-order chi connectivity index (χ1) is 14.9. The number of benzene rings is 1. The van der Waals surface area contributed by atoms with Crippen molar-refractivity contribution in [2.45, 2.75) is 39.0 Å². The second-order valence-corrected chi connectivity index (χ2v) is 8.54. The van der Waals surface area contributed by atoms with Gasteiger partial charge in [-0.05, 0) is 31.9 Å². The molecule has 0 bridgehead atoms. The molecule has 2 heterocycles. The number of hydrogen-bond acceptors (Lipinski definition) is 8. The van der Waals surface area contributed by atoms with Crippen LogP contribution in [0.25, 0.3) is 0 Å². The molecule has 1 unspecified atom stereocenters. The molecule has 0 aliphatic carbocycles. The molecule has 1 N–H and O–H groups in total. The molecule has 0 radical (unpaired) electrons. The normalized spacial score (nSPS) is 13.6. The number of fused-ring (bicyclic) bond motifs is 1. The quantitative estimate of drug-likeness (QED) is 0.492. The van der Waals surface area contributed by atoms with Gasteiger partial charge in [0.15, 0.2) is 5.17 Å². The zero-order chi connectivity index (χ0) is 22.4. The summed E-state index contributed by atoms with van der Waals surface area (Å²) in [5, 5.41) is 3.53. The minimum Gasteiger partial charge on any atom is -0.497 e. The summed E-state index contributed by atoms with van der Waals surface area (Å²) in [6.45, 7) is 4.59. The molecule has 1 aromatic heterocycles. The summed E-state index contributed by atoms with van der Waals surface area (Å²) in [4.78, 5) is 21.0. The van der Waals surface area contributed by atoms with Crippen molar-refractivity contribution in [3.63, 3.8) is 0 Å². The van der Waals surface area contributed by atoms with Gasteiger partial charge in [-0.2, -0.15) is 0 Å². The molecular formula is C22H27N3O5S. The molecule has 0 amide bonds. The smallest absolute Gasteiger partial charge is 0.311 e. The summed E-state index contributed by atoms with van der Waals surface area (Å²) in [6.07, 6.45) is 2.49. The van der Waals surface area contributed by atoms with E-state index in [0.29, 0.717) is 47.5 Å². The fraction of sp³-hybridized carbons (Fsp3) is 0.409. The molecule has 3 rings (SSSR count). The number of anilines is 1. The number of ether oxygens (including phenoxy) is 3. The van der Waals surface area contributed by atoms with Crippen molar-refractivity contribution in [3.05, 3.63) is 46.8 Å². The number of carbonyl (C=O) groups is 1. The third-order valence-corrected chi connectivity index (χ3v) is 6.12. The van der Waals surface area contributed by atoms with Crippen molar-refractivity contribution in [1.29, 1.82) is 0 Å². The molecule has 0 fully saturated rings. The van der Waals surface area contributed by atoms with E-state index >= 15 is 0 Å². The van der Waals surface area contributed by atoms with E-state index in [2.05, 4.69) is 15.3 Å². The van der Waals surface area contributed by atoms with Gasteiger partial charge >= 0.3 is 5.97 Å². The molecule has 9 heteroatoms. The summed E-state index contributed by atoms with van der Waals surface area (Å²) in [5.41, 5.74) is 3.89. The number of aromatic nitrogens is 1. The van der Waals surface area contributed by atoms with Crippen LogP contribution in [-0.4, -0.2) is 41.2 Å². The van der Waals surface area contributed by atoms with Gasteiger partial charge in [-0.1, -0.05) is 6.07 Å². The Morgan fingerprint density at radius 1 is 1.26 bits per heavy atom. The summed E-state index contributed by atoms with van der Waals surface area (Å²) < 4.78 is 28.8. The number of pyridine rings is 1. The van der Waals surface area contributed by atoms with E-state index in [1.807, 2.05) is 32.0 Å². The Kier molecular flexibility index (Phi) is 7.75. The molecule has 1 aliphatic rings. The Morgan fingerprint density at radius 3 is 2.81 bits per heavy atom. The van der Waals surface area contributed by atoms with Gasteiger partial charge in [-0.25, -0.2) is 0 Å². The molecule has 2 aromatic rings. The van der Waals surface area contributed by atoms with Crippen LogP contribution in [0, 0.1) is 13.8 Å². The molecular weight excluding hydrogens is 418 g/mol. The number of esters is 1. The van der Waals surface area contributed by atoms with Gasteiger partial charge in [0.05, 0.1) is 35.9 Å². The average molecular weight is 446 g/mol. The van der Waals surface area contributed by atoms with Gasteiger partial charge in [-0.3, -0.25) is 19.0 Å². The zero-order valence-electron chi connectivity index (χ0n) is 18.2. The molecule has 1 aliphatic heterocycles. The molecule has 1 aromatic carbocycles. The molecule has 31 heavy (non-hydrogen) atoms. The second-order valence-electron chi connectivity index (χ2n) is 7.17. The number of nitrogens with one attached hydrogen (secondary N) is 1. The maximum absolute atomic E-state index is 13.0. The van der Waals surface area contributed by atoms with Crippen LogP contribution in [0.4, 0.5) is 5.69 Å². The van der Waals surface area contributed by atoms with Crippen LogP contribution in [0.2, 0.25) is 0 Å². The lowest BCUT2D eigenvalue weighted by Crippen LogP contribution is -2.24. The molecule has 1 atom stereocenters. The molecule has 166 valence electrons. The van der Waals surface area contributed by atoms with E-state index in [9.17, 15) is 9.00 Å². The van der Waals surface area contributed by atoms with Crippen molar-refractivity contribution in [2.75, 3.05) is 26.1 Å². The van der Waals surface area contributed by atoms with E-state index in [0.717, 1.165) is 16.8 Å². The highest BCUT2D eigenvalue weighted by molar-refractivity contribution is 8.00. The maximum atomic E-state index is 13.0. The number of amidine groups is 1. The lowest BCUT2D eigenvalue weighted by molar-refractivity contribution is -0.134. The molecule has 8 nitrogen and oxygen atoms in total. The van der Waals surface area contributed by atoms with Crippen LogP contribution in [0.15, 0.2) is 29.4 Å². The van der Waals surface area contributed by atoms with Crippen molar-refractivity contribution < 1.29 is 23.2 Å². The summed E-state index contributed by atoms with van der Waals surface area (Å²) in [5.74, 6) is 1.01. The molecule has 0 saturated carbocycles. The standard InChI is InChI=1S/C22H27N3O5S/c1-14-11-23-19(15(2)21(14)30-20(26)6-5-9-28-3)13-31(27)22-24-12-16-7-8-17(29-4)10-18(16)25-22/h7-8,10-11H,5-6,9,12-13H2,1-4H3,(H,24,25). The highest BCUT2D eigenvalue weighted by atomic mass is 32.2. The number of methoxy groups -OCH3 is 2. The number of rotatable bonds is 8. The first-order valence-electron chi connectivity index (χ1n) is 9.94. The van der Waals surface area contributed by atoms with Gasteiger partial charge < -0.3 is 19.5 Å². The van der Waals surface area contributed by atoms with Gasteiger partial charge in [0, 0.05) is 49.2 Å². The molecule has 0 saturated heterocycles. The zero-order valence-corrected chi connectivity index (χ0v) is 19.0. The van der Waals surface area contributed by atoms with E-state index < -0.39 is 10.8 Å². The van der Waals surface area contributed by atoms with E-state index in [4.69, 9.17) is 14.2 Å². The predicted molar refractivity (Wildman–Crippen MR) is 120 cm³/mol. The predicted octanol–water partition coefficient (Wildman–Crippen LogP) is 3.27. The lowest BCUT2D eigenvalue weighted by atomic mass is 10.1. The minimum atomic E-state index is -1.44. The first kappa shape index (κ1) is 22.9. The van der Waals surface area contributed by atoms with Crippen LogP contribution in [0.5, 0.6) is 11.5 Å². The van der Waals surface area contributed by atoms with Crippen LogP contribution < -0.4 is 14.8 Å². The Balaban J connectivity index is 1.71. The van der Waals surface area contributed by atoms with E-state index in [1.54, 1.807) is 20.4 Å². The Hall–Kier alpha value is -2.78. The highest BCUT2D eigenvalue weighted by Crippen LogP contribution is 2.28. The van der Waals surface area contributed by atoms with Crippen LogP contribution in [-0.2, 0) is 32.6 Å². The Morgan fingerprint density at radius 2 is 2.06 bits per heavy atom. The number of carbonyl (C=O) groups excluding carboxylic acids is 1. The third kappa shape index (κ3) is 5.68. The Labute approximate surface area is 184 Å². The monoisotopic (exact) mass is 445 g/mol. The van der Waals surface area contributed by atoms with Crippen LogP contribution in [0.3, 0.4) is 0 Å². The highest BCUT2D eigenvalue weighted by Gasteiger charge is 2.21. The van der Waals surface area contributed by atoms with Crippen LogP contribution in [0.1, 0.15) is 35.2 Å². The van der Waals surface area contributed by atoms with Crippen molar-refractivity contribution >= 4 is 27.6 Å². The lowest BCUT2D eigenvalue weighted by Gasteiger charge is -2.19. The minimum absolute atomic E-state index is 0.158. The third-order valence-electron chi connectivity index (χ3n) is 4.93. The first-order valence-corrected chi connectivity index (χ1v) is 11.3. The van der Waals surface area contributed by atoms with Crippen molar-refractivity contribution in [3.8, 4) is 11.5 Å². The SMILES string of the molecule is COCCCC(=O)Oc1c(C)cnc(CS(=O)C2=NCc3ccc(OC)cc3N2)c1C. The van der Waals surface area contributed by atoms with Gasteiger partial charge in [0.1, 0.15) is 11.5 Å². The van der Waals surface area contributed by atoms with Crippen molar-refractivity contribution in [1.82, 2.24) is 4.98 Å². The van der Waals surface area contributed by atoms with Crippen molar-refractivity contribution in [2.24, 2.45) is 4.99 Å². The fourth-order valence-electron chi connectivity index (χ4n) is 3.16. The second kappa shape index (κ2) is 10.5.